The van der Waals surface area contributed by atoms with Gasteiger partial charge in [-0.05, 0) is 26.7 Å². The van der Waals surface area contributed by atoms with E-state index in [-0.39, 0.29) is 42.0 Å². The van der Waals surface area contributed by atoms with E-state index >= 15 is 0 Å². The number of carbonyl (C=O) groups excluding carboxylic acids is 1. The van der Waals surface area contributed by atoms with Crippen molar-refractivity contribution in [3.05, 3.63) is 0 Å². The Labute approximate surface area is 169 Å². The summed E-state index contributed by atoms with van der Waals surface area (Å²) in [5.41, 5.74) is -0.227. The molecule has 8 heteroatoms. The molecule has 1 rings (SSSR count). The molecular formula is C17H36IN5O2. The number of rotatable bonds is 6. The highest BCUT2D eigenvalue weighted by Crippen LogP contribution is 2.12. The van der Waals surface area contributed by atoms with E-state index in [2.05, 4.69) is 39.7 Å². The van der Waals surface area contributed by atoms with Crippen LogP contribution in [0.25, 0.3) is 0 Å². The number of aliphatic imine (C=N–C) groups is 1. The summed E-state index contributed by atoms with van der Waals surface area (Å²) < 4.78 is 5.44. The molecule has 1 heterocycles. The molecule has 1 amide bonds. The lowest BCUT2D eigenvalue weighted by molar-refractivity contribution is -0.121. The molecule has 1 unspecified atom stereocenters. The average molecular weight is 469 g/mol. The first-order chi connectivity index (χ1) is 11.2. The molecule has 1 atom stereocenters. The fraction of sp³-hybridized carbons (Fsp3) is 0.882. The molecule has 0 bridgehead atoms. The molecule has 0 aliphatic carbocycles. The summed E-state index contributed by atoms with van der Waals surface area (Å²) in [6.45, 7) is 14.9. The van der Waals surface area contributed by atoms with Gasteiger partial charge in [-0.3, -0.25) is 14.7 Å². The molecule has 1 saturated heterocycles. The van der Waals surface area contributed by atoms with Gasteiger partial charge in [0.25, 0.3) is 0 Å². The van der Waals surface area contributed by atoms with Crippen LogP contribution in [0.15, 0.2) is 4.99 Å². The van der Waals surface area contributed by atoms with Crippen LogP contribution in [0.3, 0.4) is 0 Å². The first-order valence-corrected chi connectivity index (χ1v) is 8.80. The van der Waals surface area contributed by atoms with Crippen LogP contribution in [0.5, 0.6) is 0 Å². The van der Waals surface area contributed by atoms with Crippen molar-refractivity contribution >= 4 is 35.8 Å². The summed E-state index contributed by atoms with van der Waals surface area (Å²) in [7, 11) is 1.72. The number of ether oxygens (including phenoxy) is 1. The zero-order chi connectivity index (χ0) is 18.2. The maximum absolute atomic E-state index is 11.9. The lowest BCUT2D eigenvalue weighted by atomic mass is 10.0. The predicted molar refractivity (Wildman–Crippen MR) is 114 cm³/mol. The zero-order valence-electron chi connectivity index (χ0n) is 16.5. The molecule has 0 aromatic carbocycles. The van der Waals surface area contributed by atoms with Gasteiger partial charge in [0.15, 0.2) is 5.96 Å². The minimum absolute atomic E-state index is 0. The van der Waals surface area contributed by atoms with Crippen LogP contribution in [0.4, 0.5) is 0 Å². The Bertz CT molecular complexity index is 418. The SMILES string of the molecule is CN=C(NCC(=O)NC(C)(C)C)NCC(C(C)C)N1CCOCC1.I. The molecule has 0 spiro atoms. The molecule has 3 N–H and O–H groups in total. The van der Waals surface area contributed by atoms with Gasteiger partial charge in [-0.25, -0.2) is 0 Å². The Balaban J connectivity index is 0.00000576. The van der Waals surface area contributed by atoms with Crippen molar-refractivity contribution in [2.75, 3.05) is 46.4 Å². The summed E-state index contributed by atoms with van der Waals surface area (Å²) >= 11 is 0. The number of halogens is 1. The summed E-state index contributed by atoms with van der Waals surface area (Å²) in [5, 5.41) is 9.34. The number of hydrogen-bond acceptors (Lipinski definition) is 4. The van der Waals surface area contributed by atoms with Gasteiger partial charge in [-0.15, -0.1) is 24.0 Å². The Hall–Kier alpha value is -0.610. The van der Waals surface area contributed by atoms with Crippen molar-refractivity contribution < 1.29 is 9.53 Å². The average Bonchev–Trinajstić information content (AvgIpc) is 2.49. The topological polar surface area (TPSA) is 78.0 Å². The monoisotopic (exact) mass is 469 g/mol. The second-order valence-corrected chi connectivity index (χ2v) is 7.56. The molecule has 0 aromatic rings. The van der Waals surface area contributed by atoms with Gasteiger partial charge in [0.05, 0.1) is 19.8 Å². The van der Waals surface area contributed by atoms with E-state index in [1.807, 2.05) is 20.8 Å². The molecule has 0 aromatic heterocycles. The Kier molecular flexibility index (Phi) is 11.6. The number of hydrogen-bond donors (Lipinski definition) is 3. The van der Waals surface area contributed by atoms with Crippen molar-refractivity contribution in [1.29, 1.82) is 0 Å². The largest absolute Gasteiger partial charge is 0.379 e. The van der Waals surface area contributed by atoms with E-state index in [0.717, 1.165) is 32.8 Å². The summed E-state index contributed by atoms with van der Waals surface area (Å²) in [6.07, 6.45) is 0. The molecule has 1 fully saturated rings. The molecule has 25 heavy (non-hydrogen) atoms. The van der Waals surface area contributed by atoms with Crippen LogP contribution >= 0.6 is 24.0 Å². The van der Waals surface area contributed by atoms with Gasteiger partial charge >= 0.3 is 0 Å². The zero-order valence-corrected chi connectivity index (χ0v) is 18.8. The van der Waals surface area contributed by atoms with Crippen LogP contribution in [-0.4, -0.2) is 74.8 Å². The van der Waals surface area contributed by atoms with Crippen molar-refractivity contribution in [3.63, 3.8) is 0 Å². The number of nitrogens with zero attached hydrogens (tertiary/aromatic N) is 2. The third-order valence-corrected chi connectivity index (χ3v) is 3.92. The second-order valence-electron chi connectivity index (χ2n) is 7.56. The second kappa shape index (κ2) is 11.9. The van der Waals surface area contributed by atoms with Crippen molar-refractivity contribution in [1.82, 2.24) is 20.9 Å². The molecule has 0 saturated carbocycles. The minimum atomic E-state index is -0.227. The van der Waals surface area contributed by atoms with E-state index in [9.17, 15) is 4.79 Å². The van der Waals surface area contributed by atoms with E-state index in [4.69, 9.17) is 4.74 Å². The highest BCUT2D eigenvalue weighted by molar-refractivity contribution is 14.0. The third kappa shape index (κ3) is 10.2. The van der Waals surface area contributed by atoms with Crippen LogP contribution in [-0.2, 0) is 9.53 Å². The van der Waals surface area contributed by atoms with Crippen LogP contribution in [0.1, 0.15) is 34.6 Å². The third-order valence-electron chi connectivity index (χ3n) is 3.92. The molecule has 1 aliphatic heterocycles. The van der Waals surface area contributed by atoms with Gasteiger partial charge in [0, 0.05) is 38.3 Å². The van der Waals surface area contributed by atoms with E-state index in [1.54, 1.807) is 7.05 Å². The van der Waals surface area contributed by atoms with Gasteiger partial charge < -0.3 is 20.7 Å². The molecule has 7 nitrogen and oxygen atoms in total. The lowest BCUT2D eigenvalue weighted by Crippen LogP contribution is -2.53. The highest BCUT2D eigenvalue weighted by atomic mass is 127. The minimum Gasteiger partial charge on any atom is -0.379 e. The van der Waals surface area contributed by atoms with E-state index < -0.39 is 0 Å². The fourth-order valence-electron chi connectivity index (χ4n) is 2.74. The van der Waals surface area contributed by atoms with Crippen molar-refractivity contribution in [2.45, 2.75) is 46.2 Å². The number of carbonyl (C=O) groups is 1. The molecule has 1 aliphatic rings. The van der Waals surface area contributed by atoms with E-state index in [0.29, 0.717) is 17.9 Å². The predicted octanol–water partition coefficient (Wildman–Crippen LogP) is 1.04. The number of guanidine groups is 1. The van der Waals surface area contributed by atoms with Crippen LogP contribution in [0.2, 0.25) is 0 Å². The van der Waals surface area contributed by atoms with Crippen molar-refractivity contribution in [2.24, 2.45) is 10.9 Å². The first-order valence-electron chi connectivity index (χ1n) is 8.80. The van der Waals surface area contributed by atoms with Gasteiger partial charge in [0.2, 0.25) is 5.91 Å². The van der Waals surface area contributed by atoms with Gasteiger partial charge in [-0.1, -0.05) is 13.8 Å². The Morgan fingerprint density at radius 1 is 1.20 bits per heavy atom. The number of morpholine rings is 1. The summed E-state index contributed by atoms with van der Waals surface area (Å²) in [4.78, 5) is 18.6. The summed E-state index contributed by atoms with van der Waals surface area (Å²) in [5.74, 6) is 1.13. The maximum Gasteiger partial charge on any atom is 0.239 e. The van der Waals surface area contributed by atoms with Crippen LogP contribution < -0.4 is 16.0 Å². The fourth-order valence-corrected chi connectivity index (χ4v) is 2.74. The quantitative estimate of drug-likeness (QED) is 0.308. The lowest BCUT2D eigenvalue weighted by Gasteiger charge is -2.37. The molecule has 0 radical (unpaired) electrons. The standard InChI is InChI=1S/C17H35N5O2.HI/c1-13(2)14(22-7-9-24-10-8-22)11-19-16(18-6)20-12-15(23)21-17(3,4)5;/h13-14H,7-12H2,1-6H3,(H,21,23)(H2,18,19,20);1H. The van der Waals surface area contributed by atoms with Crippen molar-refractivity contribution in [3.8, 4) is 0 Å². The first kappa shape index (κ1) is 24.4. The number of amides is 1. The van der Waals surface area contributed by atoms with Gasteiger partial charge in [0.1, 0.15) is 0 Å². The normalized spacial score (nSPS) is 17.6. The molecule has 148 valence electrons. The van der Waals surface area contributed by atoms with Crippen LogP contribution in [0, 0.1) is 5.92 Å². The number of nitrogens with one attached hydrogen (secondary N) is 3. The smallest absolute Gasteiger partial charge is 0.239 e. The molecular weight excluding hydrogens is 433 g/mol. The Morgan fingerprint density at radius 3 is 2.28 bits per heavy atom. The highest BCUT2D eigenvalue weighted by Gasteiger charge is 2.24. The van der Waals surface area contributed by atoms with E-state index in [1.165, 1.54) is 0 Å². The maximum atomic E-state index is 11.9. The summed E-state index contributed by atoms with van der Waals surface area (Å²) in [6, 6.07) is 0.413. The van der Waals surface area contributed by atoms with Gasteiger partial charge in [-0.2, -0.15) is 0 Å². The Morgan fingerprint density at radius 2 is 1.80 bits per heavy atom.